The average molecular weight is 919 g/mol. The van der Waals surface area contributed by atoms with Crippen LogP contribution in [0.1, 0.15) is 34.1 Å². The van der Waals surface area contributed by atoms with Crippen LogP contribution in [0.2, 0.25) is 0 Å². The van der Waals surface area contributed by atoms with Gasteiger partial charge in [-0.1, -0.05) is 65.8 Å². The van der Waals surface area contributed by atoms with Gasteiger partial charge in [-0.25, -0.2) is 37.0 Å². The lowest BCUT2D eigenvalue weighted by atomic mass is 9.89. The Morgan fingerprint density at radius 2 is 1.03 bits per heavy atom. The van der Waals surface area contributed by atoms with E-state index in [9.17, 15) is 63.1 Å². The highest BCUT2D eigenvalue weighted by Gasteiger charge is 2.53. The summed E-state index contributed by atoms with van der Waals surface area (Å²) in [6.07, 6.45) is -12.5. The Labute approximate surface area is 356 Å². The van der Waals surface area contributed by atoms with Crippen LogP contribution in [0, 0.1) is 23.3 Å². The van der Waals surface area contributed by atoms with Crippen molar-refractivity contribution < 1.29 is 72.6 Å². The number of rotatable bonds is 11. The second kappa shape index (κ2) is 20.7. The molecule has 63 heavy (non-hydrogen) atoms. The molecule has 23 heteroatoms. The van der Waals surface area contributed by atoms with Crippen molar-refractivity contribution in [2.45, 2.75) is 61.2 Å². The van der Waals surface area contributed by atoms with Crippen molar-refractivity contribution in [3.05, 3.63) is 153 Å². The third-order valence-electron chi connectivity index (χ3n) is 9.61. The van der Waals surface area contributed by atoms with Crippen LogP contribution in [0.5, 0.6) is 0 Å². The first-order chi connectivity index (χ1) is 29.2. The number of ether oxygens (including phenoxy) is 2. The molecule has 6 atom stereocenters. The Morgan fingerprint density at radius 1 is 0.667 bits per heavy atom. The second-order valence-corrected chi connectivity index (χ2v) is 13.9. The van der Waals surface area contributed by atoms with E-state index < -0.39 is 107 Å². The normalized spacial score (nSPS) is 18.1. The van der Waals surface area contributed by atoms with Gasteiger partial charge in [0, 0.05) is 17.0 Å². The molecule has 2 saturated heterocycles. The van der Waals surface area contributed by atoms with Crippen LogP contribution >= 0.6 is 12.4 Å². The molecule has 4 aromatic rings. The average Bonchev–Trinajstić information content (AvgIpc) is 3.73. The van der Waals surface area contributed by atoms with Gasteiger partial charge in [0.05, 0.1) is 18.0 Å². The van der Waals surface area contributed by atoms with E-state index in [0.717, 1.165) is 5.56 Å². The van der Waals surface area contributed by atoms with E-state index >= 15 is 0 Å². The largest absolute Gasteiger partial charge is 0.447 e. The van der Waals surface area contributed by atoms with Gasteiger partial charge in [-0.2, -0.15) is 26.3 Å². The molecule has 6 rings (SSSR count). The molecular formula is C40H33ClF10N6O6. The monoisotopic (exact) mass is 918 g/mol. The lowest BCUT2D eigenvalue weighted by Crippen LogP contribution is -2.53. The first kappa shape index (κ1) is 49.3. The van der Waals surface area contributed by atoms with E-state index in [1.54, 1.807) is 60.7 Å². The highest BCUT2D eigenvalue weighted by Crippen LogP contribution is 2.41. The maximum atomic E-state index is 13.9. The van der Waals surface area contributed by atoms with Crippen molar-refractivity contribution in [2.75, 3.05) is 13.2 Å². The number of hydrogen-bond acceptors (Lipinski definition) is 8. The number of nitrogens with zero attached hydrogens (tertiary/aromatic N) is 5. The van der Waals surface area contributed by atoms with Crippen LogP contribution in [0.25, 0.3) is 10.4 Å². The number of imide groups is 2. The summed E-state index contributed by atoms with van der Waals surface area (Å²) in [5.74, 6) is -13.6. The number of carbonyl (C=O) groups is 4. The first-order valence-corrected chi connectivity index (χ1v) is 18.1. The molecule has 2 aliphatic heterocycles. The standard InChI is InChI=1S/C20H15F5N4O3.C20H17F5N2O3.ClH/c21-13-7-12(8-14(22)9-13)16(20(23,24)25)17(27-28-26)18(30)29-15(10-32-19(29)31)6-11-4-2-1-3-5-11;21-13-7-12(8-14(22)9-13)16(20(23,24)25)17(26)18(28)27-15(10-30-19(27)29)6-11-4-2-1-3-5-11;/h1-5,7-9,15-17H,6,10H2;1-5,7-9,15-17H,6,10,26H2;1H/t2*15-,16+,17-;/m00./s1. The number of carbonyl (C=O) groups excluding carboxylic acids is 4. The number of halogens is 11. The molecule has 4 amide bonds. The predicted molar refractivity (Wildman–Crippen MR) is 203 cm³/mol. The molecule has 336 valence electrons. The van der Waals surface area contributed by atoms with Crippen molar-refractivity contribution in [3.63, 3.8) is 0 Å². The highest BCUT2D eigenvalue weighted by molar-refractivity contribution is 5.98. The fourth-order valence-electron chi connectivity index (χ4n) is 6.95. The van der Waals surface area contributed by atoms with Gasteiger partial charge in [-0.05, 0) is 64.9 Å². The molecule has 2 aliphatic rings. The molecule has 2 heterocycles. The van der Waals surface area contributed by atoms with E-state index in [-0.39, 0.29) is 38.5 Å². The summed E-state index contributed by atoms with van der Waals surface area (Å²) < 4.78 is 147. The fraction of sp³-hybridized carbons (Fsp3) is 0.300. The highest BCUT2D eigenvalue weighted by atomic mass is 35.5. The van der Waals surface area contributed by atoms with Crippen molar-refractivity contribution in [1.29, 1.82) is 0 Å². The van der Waals surface area contributed by atoms with Gasteiger partial charge in [0.15, 0.2) is 0 Å². The number of hydrogen-bond donors (Lipinski definition) is 1. The van der Waals surface area contributed by atoms with E-state index in [4.69, 9.17) is 20.7 Å². The number of cyclic esters (lactones) is 2. The van der Waals surface area contributed by atoms with Crippen molar-refractivity contribution in [3.8, 4) is 0 Å². The molecule has 4 aromatic carbocycles. The maximum absolute atomic E-state index is 13.9. The van der Waals surface area contributed by atoms with Crippen LogP contribution in [0.3, 0.4) is 0 Å². The Bertz CT molecular complexity index is 2280. The fourth-order valence-corrected chi connectivity index (χ4v) is 6.95. The molecule has 2 N–H and O–H groups in total. The zero-order valence-electron chi connectivity index (χ0n) is 32.0. The second-order valence-electron chi connectivity index (χ2n) is 13.9. The Hall–Kier alpha value is -6.38. The zero-order valence-corrected chi connectivity index (χ0v) is 32.8. The van der Waals surface area contributed by atoms with E-state index in [1.807, 2.05) is 0 Å². The van der Waals surface area contributed by atoms with Crippen LogP contribution in [-0.4, -0.2) is 83.5 Å². The number of nitrogens with two attached hydrogens (primary N) is 1. The van der Waals surface area contributed by atoms with Crippen molar-refractivity contribution in [2.24, 2.45) is 10.8 Å². The summed E-state index contributed by atoms with van der Waals surface area (Å²) in [4.78, 5) is 53.4. The summed E-state index contributed by atoms with van der Waals surface area (Å²) in [5, 5.41) is 2.96. The molecular weight excluding hydrogens is 886 g/mol. The Balaban J connectivity index is 0.000000273. The number of alkyl halides is 6. The Morgan fingerprint density at radius 3 is 1.40 bits per heavy atom. The van der Waals surface area contributed by atoms with Gasteiger partial charge >= 0.3 is 24.5 Å². The third-order valence-corrected chi connectivity index (χ3v) is 9.61. The van der Waals surface area contributed by atoms with Gasteiger partial charge in [-0.15, -0.1) is 12.4 Å². The number of benzene rings is 4. The minimum absolute atomic E-state index is 0. The predicted octanol–water partition coefficient (Wildman–Crippen LogP) is 8.83. The van der Waals surface area contributed by atoms with Gasteiger partial charge in [-0.3, -0.25) is 9.59 Å². The van der Waals surface area contributed by atoms with E-state index in [0.29, 0.717) is 51.8 Å². The topological polar surface area (TPSA) is 168 Å². The van der Waals surface area contributed by atoms with E-state index in [1.165, 1.54) is 0 Å². The summed E-state index contributed by atoms with van der Waals surface area (Å²) in [7, 11) is 0. The molecule has 0 bridgehead atoms. The molecule has 12 nitrogen and oxygen atoms in total. The van der Waals surface area contributed by atoms with Crippen LogP contribution in [-0.2, 0) is 31.9 Å². The van der Waals surface area contributed by atoms with Crippen LogP contribution in [0.15, 0.2) is 102 Å². The van der Waals surface area contributed by atoms with Crippen molar-refractivity contribution >= 4 is 36.4 Å². The minimum atomic E-state index is -5.24. The number of amides is 4. The maximum Gasteiger partial charge on any atom is 0.417 e. The van der Waals surface area contributed by atoms with Gasteiger partial charge in [0.2, 0.25) is 11.8 Å². The summed E-state index contributed by atoms with van der Waals surface area (Å²) >= 11 is 0. The molecule has 2 fully saturated rings. The zero-order chi connectivity index (χ0) is 45.5. The van der Waals surface area contributed by atoms with E-state index in [2.05, 4.69) is 10.0 Å². The smallest absolute Gasteiger partial charge is 0.417 e. The van der Waals surface area contributed by atoms with Gasteiger partial charge in [0.25, 0.3) is 0 Å². The van der Waals surface area contributed by atoms with Crippen LogP contribution in [0.4, 0.5) is 53.5 Å². The molecule has 0 saturated carbocycles. The SMILES string of the molecule is Cl.N[C@H](C(=O)N1C(=O)OC[C@@H]1Cc1ccccc1)[C@@H](c1cc(F)cc(F)c1)C(F)(F)F.[N-]=[N+]=N[C@H](C(=O)N1C(=O)OC[C@@H]1Cc1ccccc1)[C@@H](c1cc(F)cc(F)c1)C(F)(F)F. The molecule has 0 unspecified atom stereocenters. The lowest BCUT2D eigenvalue weighted by molar-refractivity contribution is -0.163. The first-order valence-electron chi connectivity index (χ1n) is 18.1. The lowest BCUT2D eigenvalue weighted by Gasteiger charge is -2.29. The number of azide groups is 1. The molecule has 0 radical (unpaired) electrons. The van der Waals surface area contributed by atoms with Crippen LogP contribution < -0.4 is 5.73 Å². The molecule has 0 aliphatic carbocycles. The minimum Gasteiger partial charge on any atom is -0.447 e. The summed E-state index contributed by atoms with van der Waals surface area (Å²) in [6.45, 7) is -0.495. The Kier molecular flexibility index (Phi) is 16.2. The van der Waals surface area contributed by atoms with Crippen molar-refractivity contribution in [1.82, 2.24) is 9.80 Å². The third kappa shape index (κ3) is 12.2. The van der Waals surface area contributed by atoms with Gasteiger partial charge in [0.1, 0.15) is 54.5 Å². The quantitative estimate of drug-likeness (QED) is 0.0679. The summed E-state index contributed by atoms with van der Waals surface area (Å²) in [5.41, 5.74) is 14.0. The van der Waals surface area contributed by atoms with Gasteiger partial charge < -0.3 is 15.2 Å². The molecule has 0 spiro atoms. The molecule has 0 aromatic heterocycles. The summed E-state index contributed by atoms with van der Waals surface area (Å²) in [6, 6.07) is 12.9.